The van der Waals surface area contributed by atoms with Gasteiger partial charge in [-0.25, -0.2) is 0 Å². The second-order valence-corrected chi connectivity index (χ2v) is 9.39. The average Bonchev–Trinajstić information content (AvgIpc) is 2.77. The van der Waals surface area contributed by atoms with Gasteiger partial charge in [0.15, 0.2) is 0 Å². The zero-order valence-corrected chi connectivity index (χ0v) is 21.0. The maximum absolute atomic E-state index is 11.6. The minimum absolute atomic E-state index is 0.276. The van der Waals surface area contributed by atoms with Crippen LogP contribution < -0.4 is 0 Å². The molecule has 0 bridgehead atoms. The number of unbranched alkanes of at least 4 members (excludes halogenated alkanes) is 7. The van der Waals surface area contributed by atoms with Crippen molar-refractivity contribution in [2.45, 2.75) is 148 Å². The highest BCUT2D eigenvalue weighted by atomic mass is 16.4. The number of aliphatic carboxylic acids is 2. The zero-order valence-electron chi connectivity index (χ0n) is 21.0. The van der Waals surface area contributed by atoms with Gasteiger partial charge in [-0.05, 0) is 44.9 Å². The molecule has 0 saturated heterocycles. The van der Waals surface area contributed by atoms with Crippen LogP contribution in [0.4, 0.5) is 0 Å². The molecule has 1 aliphatic carbocycles. The molecule has 0 radical (unpaired) electrons. The van der Waals surface area contributed by atoms with Crippen LogP contribution in [-0.2, 0) is 14.4 Å². The Morgan fingerprint density at radius 3 is 1.39 bits per heavy atom. The van der Waals surface area contributed by atoms with Crippen LogP contribution in [0.2, 0.25) is 0 Å². The second-order valence-electron chi connectivity index (χ2n) is 9.39. The van der Waals surface area contributed by atoms with Gasteiger partial charge in [0, 0.05) is 25.7 Å². The first kappa shape index (κ1) is 31.4. The molecule has 0 aromatic heterocycles. The van der Waals surface area contributed by atoms with Gasteiger partial charge in [0.1, 0.15) is 5.78 Å². The summed E-state index contributed by atoms with van der Waals surface area (Å²) in [5.41, 5.74) is 0. The molecule has 0 spiro atoms. The fourth-order valence-electron chi connectivity index (χ4n) is 4.04. The number of hydrogen-bond acceptors (Lipinski definition) is 3. The third-order valence-corrected chi connectivity index (χ3v) is 6.10. The molecule has 33 heavy (non-hydrogen) atoms. The Balaban J connectivity index is 0.000000622. The van der Waals surface area contributed by atoms with E-state index in [2.05, 4.69) is 12.2 Å². The lowest BCUT2D eigenvalue weighted by Crippen LogP contribution is -1.97. The molecule has 0 heterocycles. The summed E-state index contributed by atoms with van der Waals surface area (Å²) < 4.78 is 0. The Bertz CT molecular complexity index is 490. The van der Waals surface area contributed by atoms with E-state index in [1.807, 2.05) is 0 Å². The number of carboxylic acids is 2. The molecule has 5 heteroatoms. The minimum atomic E-state index is -0.714. The summed E-state index contributed by atoms with van der Waals surface area (Å²) in [5, 5.41) is 16.8. The summed E-state index contributed by atoms with van der Waals surface area (Å²) in [7, 11) is 0. The molecule has 0 aliphatic heterocycles. The lowest BCUT2D eigenvalue weighted by atomic mass is 10.0. The first-order valence-electron chi connectivity index (χ1n) is 13.6. The molecule has 0 aromatic rings. The quantitative estimate of drug-likeness (QED) is 0.236. The van der Waals surface area contributed by atoms with E-state index in [9.17, 15) is 14.4 Å². The predicted molar refractivity (Wildman–Crippen MR) is 136 cm³/mol. The third-order valence-electron chi connectivity index (χ3n) is 6.10. The second kappa shape index (κ2) is 25.0. The van der Waals surface area contributed by atoms with Crippen molar-refractivity contribution in [3.8, 4) is 0 Å². The normalized spacial score (nSPS) is 16.5. The number of carbonyl (C=O) groups excluding carboxylic acids is 1. The van der Waals surface area contributed by atoms with Crippen molar-refractivity contribution in [3.63, 3.8) is 0 Å². The molecular weight excluding hydrogens is 416 g/mol. The molecule has 0 amide bonds. The van der Waals surface area contributed by atoms with Crippen molar-refractivity contribution in [3.05, 3.63) is 12.2 Å². The van der Waals surface area contributed by atoms with E-state index in [-0.39, 0.29) is 12.8 Å². The van der Waals surface area contributed by atoms with Crippen LogP contribution in [-0.4, -0.2) is 27.9 Å². The number of allylic oxidation sites excluding steroid dienone is 2. The Hall–Kier alpha value is -1.65. The van der Waals surface area contributed by atoms with Gasteiger partial charge < -0.3 is 10.2 Å². The van der Waals surface area contributed by atoms with Crippen molar-refractivity contribution in [2.75, 3.05) is 0 Å². The molecule has 0 unspecified atom stereocenters. The smallest absolute Gasteiger partial charge is 0.303 e. The Morgan fingerprint density at radius 2 is 0.909 bits per heavy atom. The maximum atomic E-state index is 11.6. The van der Waals surface area contributed by atoms with Crippen LogP contribution >= 0.6 is 0 Å². The van der Waals surface area contributed by atoms with Gasteiger partial charge in [-0.15, -0.1) is 0 Å². The van der Waals surface area contributed by atoms with Gasteiger partial charge in [-0.3, -0.25) is 14.4 Å². The van der Waals surface area contributed by atoms with Gasteiger partial charge in [-0.2, -0.15) is 0 Å². The standard InChI is InChI=1S/C16H28O.C12H22O4/c17-16-14-12-10-8-6-4-2-1-3-5-7-9-11-13-15-16;13-11(14)9-7-5-3-1-2-4-6-8-10-12(15)16/h6,8H,1-5,7,9-15H2;1-10H2,(H,13,14)(H,15,16). The van der Waals surface area contributed by atoms with Crippen LogP contribution in [0, 0.1) is 0 Å². The molecule has 1 rings (SSSR count). The van der Waals surface area contributed by atoms with E-state index in [4.69, 9.17) is 10.2 Å². The highest BCUT2D eigenvalue weighted by Gasteiger charge is 2.01. The Kier molecular flexibility index (Phi) is 23.7. The Morgan fingerprint density at radius 1 is 0.545 bits per heavy atom. The minimum Gasteiger partial charge on any atom is -0.481 e. The first-order chi connectivity index (χ1) is 16.0. The zero-order chi connectivity index (χ0) is 24.4. The van der Waals surface area contributed by atoms with Crippen molar-refractivity contribution in [1.29, 1.82) is 0 Å². The molecule has 2 N–H and O–H groups in total. The lowest BCUT2D eigenvalue weighted by molar-refractivity contribution is -0.138. The molecule has 5 nitrogen and oxygen atoms in total. The largest absolute Gasteiger partial charge is 0.481 e. The van der Waals surface area contributed by atoms with E-state index < -0.39 is 11.9 Å². The molecule has 0 atom stereocenters. The number of Topliss-reactive ketones (excluding diaryl/α,β-unsaturated/α-hetero) is 1. The van der Waals surface area contributed by atoms with Gasteiger partial charge >= 0.3 is 11.9 Å². The fraction of sp³-hybridized carbons (Fsp3) is 0.821. The number of carbonyl (C=O) groups is 3. The van der Waals surface area contributed by atoms with E-state index in [0.29, 0.717) is 5.78 Å². The van der Waals surface area contributed by atoms with E-state index in [0.717, 1.165) is 83.5 Å². The topological polar surface area (TPSA) is 91.7 Å². The number of ketones is 1. The average molecular weight is 467 g/mol. The summed E-state index contributed by atoms with van der Waals surface area (Å²) in [5.74, 6) is -0.951. The molecule has 0 saturated carbocycles. The monoisotopic (exact) mass is 466 g/mol. The highest BCUT2D eigenvalue weighted by Crippen LogP contribution is 2.13. The lowest BCUT2D eigenvalue weighted by Gasteiger charge is -2.03. The van der Waals surface area contributed by atoms with E-state index in [1.54, 1.807) is 0 Å². The van der Waals surface area contributed by atoms with Crippen LogP contribution in [0.25, 0.3) is 0 Å². The summed E-state index contributed by atoms with van der Waals surface area (Å²) in [6.45, 7) is 0. The fourth-order valence-corrected chi connectivity index (χ4v) is 4.04. The number of carboxylic acid groups (broad SMARTS) is 2. The predicted octanol–water partition coefficient (Wildman–Crippen LogP) is 8.25. The summed E-state index contributed by atoms with van der Waals surface area (Å²) in [6.07, 6.45) is 28.7. The molecule has 0 aromatic carbocycles. The molecular formula is C28H50O5. The van der Waals surface area contributed by atoms with Crippen molar-refractivity contribution < 1.29 is 24.6 Å². The SMILES string of the molecule is O=C(O)CCCCCCCCCCC(=O)O.O=C1CCCC=CCCCCCCCCCC1. The van der Waals surface area contributed by atoms with Crippen LogP contribution in [0.15, 0.2) is 12.2 Å². The van der Waals surface area contributed by atoms with Crippen LogP contribution in [0.1, 0.15) is 148 Å². The summed E-state index contributed by atoms with van der Waals surface area (Å²) in [6, 6.07) is 0. The maximum Gasteiger partial charge on any atom is 0.303 e. The Labute approximate surface area is 202 Å². The van der Waals surface area contributed by atoms with E-state index >= 15 is 0 Å². The van der Waals surface area contributed by atoms with Gasteiger partial charge in [0.05, 0.1) is 0 Å². The first-order valence-corrected chi connectivity index (χ1v) is 13.6. The van der Waals surface area contributed by atoms with Crippen LogP contribution in [0.3, 0.4) is 0 Å². The molecule has 192 valence electrons. The molecule has 1 aliphatic rings. The number of rotatable bonds is 11. The van der Waals surface area contributed by atoms with Gasteiger partial charge in [0.25, 0.3) is 0 Å². The van der Waals surface area contributed by atoms with Crippen molar-refractivity contribution in [2.24, 2.45) is 0 Å². The third kappa shape index (κ3) is 28.3. The van der Waals surface area contributed by atoms with Crippen molar-refractivity contribution in [1.82, 2.24) is 0 Å². The van der Waals surface area contributed by atoms with Gasteiger partial charge in [-0.1, -0.05) is 89.2 Å². The summed E-state index contributed by atoms with van der Waals surface area (Å²) >= 11 is 0. The number of hydrogen-bond donors (Lipinski definition) is 2. The van der Waals surface area contributed by atoms with E-state index in [1.165, 1.54) is 51.4 Å². The molecule has 0 fully saturated rings. The van der Waals surface area contributed by atoms with Crippen molar-refractivity contribution >= 4 is 17.7 Å². The summed E-state index contributed by atoms with van der Waals surface area (Å²) in [4.78, 5) is 32.0. The van der Waals surface area contributed by atoms with Gasteiger partial charge in [0.2, 0.25) is 0 Å². The van der Waals surface area contributed by atoms with Crippen LogP contribution in [0.5, 0.6) is 0 Å². The highest BCUT2D eigenvalue weighted by molar-refractivity contribution is 5.78.